The largest absolute Gasteiger partial charge is 0.507 e. The molecule has 2 N–H and O–H groups in total. The Kier molecular flexibility index (Phi) is 1.86. The van der Waals surface area contributed by atoms with Gasteiger partial charge in [-0.25, -0.2) is 0 Å². The van der Waals surface area contributed by atoms with Crippen LogP contribution in [0.25, 0.3) is 22.2 Å². The molecular weight excluding hydrogens is 202 g/mol. The average Bonchev–Trinajstić information content (AvgIpc) is 2.82. The van der Waals surface area contributed by atoms with Crippen LogP contribution in [0.4, 0.5) is 0 Å². The second-order valence-corrected chi connectivity index (χ2v) is 3.52. The number of H-pyrrole nitrogens is 1. The lowest BCUT2D eigenvalue weighted by Crippen LogP contribution is -1.82. The molecule has 2 aromatic heterocycles. The van der Waals surface area contributed by atoms with Crippen LogP contribution in [-0.2, 0) is 0 Å². The van der Waals surface area contributed by atoms with Crippen molar-refractivity contribution in [2.75, 3.05) is 0 Å². The van der Waals surface area contributed by atoms with Gasteiger partial charge in [-0.1, -0.05) is 6.07 Å². The molecule has 0 aliphatic rings. The molecular formula is C12H9N3O. The molecule has 0 saturated heterocycles. The summed E-state index contributed by atoms with van der Waals surface area (Å²) in [5, 5.41) is 17.3. The minimum absolute atomic E-state index is 0.249. The van der Waals surface area contributed by atoms with E-state index in [-0.39, 0.29) is 5.75 Å². The van der Waals surface area contributed by atoms with Gasteiger partial charge in [0.25, 0.3) is 0 Å². The number of rotatable bonds is 1. The Balaban J connectivity index is 2.24. The highest BCUT2D eigenvalue weighted by molar-refractivity contribution is 5.88. The highest BCUT2D eigenvalue weighted by Gasteiger charge is 2.04. The molecule has 78 valence electrons. The molecule has 0 saturated carbocycles. The fourth-order valence-corrected chi connectivity index (χ4v) is 1.71. The number of aromatic nitrogens is 3. The van der Waals surface area contributed by atoms with Crippen LogP contribution in [-0.4, -0.2) is 20.3 Å². The Morgan fingerprint density at radius 1 is 1.12 bits per heavy atom. The zero-order valence-electron chi connectivity index (χ0n) is 8.38. The summed E-state index contributed by atoms with van der Waals surface area (Å²) in [4.78, 5) is 4.21. The van der Waals surface area contributed by atoms with Gasteiger partial charge in [0.2, 0.25) is 0 Å². The number of aromatic hydroxyl groups is 1. The van der Waals surface area contributed by atoms with E-state index in [1.54, 1.807) is 18.5 Å². The molecule has 1 aromatic carbocycles. The van der Waals surface area contributed by atoms with Gasteiger partial charge < -0.3 is 5.11 Å². The highest BCUT2D eigenvalue weighted by Crippen LogP contribution is 2.26. The van der Waals surface area contributed by atoms with Crippen LogP contribution in [0.1, 0.15) is 0 Å². The zero-order chi connectivity index (χ0) is 11.0. The molecule has 3 aromatic rings. The fraction of sp³-hybridized carbons (Fsp3) is 0. The number of nitrogens with one attached hydrogen (secondary N) is 1. The minimum Gasteiger partial charge on any atom is -0.507 e. The van der Waals surface area contributed by atoms with Crippen LogP contribution >= 0.6 is 0 Å². The number of hydrogen-bond donors (Lipinski definition) is 2. The molecule has 2 heterocycles. The van der Waals surface area contributed by atoms with Crippen LogP contribution in [0.2, 0.25) is 0 Å². The number of nitrogens with zero attached hydrogens (tertiary/aromatic N) is 2. The van der Waals surface area contributed by atoms with Gasteiger partial charge in [0.05, 0.1) is 11.2 Å². The summed E-state index contributed by atoms with van der Waals surface area (Å²) >= 11 is 0. The van der Waals surface area contributed by atoms with E-state index >= 15 is 0 Å². The Morgan fingerprint density at radius 3 is 2.88 bits per heavy atom. The zero-order valence-corrected chi connectivity index (χ0v) is 8.38. The van der Waals surface area contributed by atoms with E-state index in [1.165, 1.54) is 0 Å². The molecule has 0 unspecified atom stereocenters. The normalized spacial score (nSPS) is 10.8. The predicted molar refractivity (Wildman–Crippen MR) is 61.0 cm³/mol. The SMILES string of the molecule is Oc1ccnc2cc(-c3cc[nH]n3)ccc12. The predicted octanol–water partition coefficient (Wildman–Crippen LogP) is 2.33. The first-order chi connectivity index (χ1) is 7.84. The van der Waals surface area contributed by atoms with E-state index in [0.29, 0.717) is 0 Å². The van der Waals surface area contributed by atoms with Crippen LogP contribution in [0.5, 0.6) is 5.75 Å². The van der Waals surface area contributed by atoms with Crippen molar-refractivity contribution in [2.45, 2.75) is 0 Å². The Morgan fingerprint density at radius 2 is 2.06 bits per heavy atom. The summed E-state index contributed by atoms with van der Waals surface area (Å²) in [6.45, 7) is 0. The smallest absolute Gasteiger partial charge is 0.126 e. The maximum atomic E-state index is 9.63. The number of benzene rings is 1. The van der Waals surface area contributed by atoms with Crippen molar-refractivity contribution in [3.05, 3.63) is 42.7 Å². The van der Waals surface area contributed by atoms with Crippen molar-refractivity contribution in [3.8, 4) is 17.0 Å². The minimum atomic E-state index is 0.249. The summed E-state index contributed by atoms with van der Waals surface area (Å²) in [6, 6.07) is 9.15. The quantitative estimate of drug-likeness (QED) is 0.649. The number of pyridine rings is 1. The van der Waals surface area contributed by atoms with Crippen molar-refractivity contribution >= 4 is 10.9 Å². The van der Waals surface area contributed by atoms with Gasteiger partial charge >= 0.3 is 0 Å². The summed E-state index contributed by atoms with van der Waals surface area (Å²) < 4.78 is 0. The third-order valence-corrected chi connectivity index (χ3v) is 2.52. The second-order valence-electron chi connectivity index (χ2n) is 3.52. The van der Waals surface area contributed by atoms with Crippen LogP contribution < -0.4 is 0 Å². The second kappa shape index (κ2) is 3.34. The lowest BCUT2D eigenvalue weighted by atomic mass is 10.1. The molecule has 0 aliphatic heterocycles. The van der Waals surface area contributed by atoms with Crippen LogP contribution in [0.15, 0.2) is 42.7 Å². The first kappa shape index (κ1) is 8.91. The topological polar surface area (TPSA) is 61.8 Å². The molecule has 4 heteroatoms. The molecule has 0 radical (unpaired) electrons. The molecule has 4 nitrogen and oxygen atoms in total. The van der Waals surface area contributed by atoms with E-state index in [1.807, 2.05) is 24.3 Å². The van der Waals surface area contributed by atoms with Gasteiger partial charge in [-0.15, -0.1) is 0 Å². The van der Waals surface area contributed by atoms with Gasteiger partial charge in [0, 0.05) is 23.3 Å². The first-order valence-electron chi connectivity index (χ1n) is 4.92. The first-order valence-corrected chi connectivity index (χ1v) is 4.92. The van der Waals surface area contributed by atoms with Crippen LogP contribution in [0, 0.1) is 0 Å². The van der Waals surface area contributed by atoms with E-state index in [0.717, 1.165) is 22.2 Å². The standard InChI is InChI=1S/C12H9N3O/c16-12-4-5-13-11-7-8(1-2-9(11)12)10-3-6-14-15-10/h1-7H,(H,13,16)(H,14,15). The lowest BCUT2D eigenvalue weighted by Gasteiger charge is -2.01. The van der Waals surface area contributed by atoms with E-state index < -0.39 is 0 Å². The van der Waals surface area contributed by atoms with Crippen molar-refractivity contribution in [2.24, 2.45) is 0 Å². The van der Waals surface area contributed by atoms with Gasteiger partial charge in [0.15, 0.2) is 0 Å². The number of fused-ring (bicyclic) bond motifs is 1. The van der Waals surface area contributed by atoms with E-state index in [4.69, 9.17) is 0 Å². The monoisotopic (exact) mass is 211 g/mol. The molecule has 16 heavy (non-hydrogen) atoms. The summed E-state index contributed by atoms with van der Waals surface area (Å²) in [5.41, 5.74) is 2.61. The van der Waals surface area contributed by atoms with Gasteiger partial charge in [-0.2, -0.15) is 5.10 Å². The van der Waals surface area contributed by atoms with Crippen molar-refractivity contribution in [3.63, 3.8) is 0 Å². The van der Waals surface area contributed by atoms with Gasteiger partial charge in [-0.3, -0.25) is 10.1 Å². The summed E-state index contributed by atoms with van der Waals surface area (Å²) in [5.74, 6) is 0.249. The van der Waals surface area contributed by atoms with Crippen molar-refractivity contribution in [1.82, 2.24) is 15.2 Å². The maximum absolute atomic E-state index is 9.63. The summed E-state index contributed by atoms with van der Waals surface area (Å²) in [7, 11) is 0. The third-order valence-electron chi connectivity index (χ3n) is 2.52. The Labute approximate surface area is 91.6 Å². The Bertz CT molecular complexity index is 632. The molecule has 0 aliphatic carbocycles. The van der Waals surface area contributed by atoms with Gasteiger partial charge in [-0.05, 0) is 24.3 Å². The average molecular weight is 211 g/mol. The van der Waals surface area contributed by atoms with Gasteiger partial charge in [0.1, 0.15) is 5.75 Å². The van der Waals surface area contributed by atoms with E-state index in [9.17, 15) is 5.11 Å². The third kappa shape index (κ3) is 1.32. The molecule has 3 rings (SSSR count). The van der Waals surface area contributed by atoms with Crippen LogP contribution in [0.3, 0.4) is 0 Å². The van der Waals surface area contributed by atoms with Crippen molar-refractivity contribution < 1.29 is 5.11 Å². The molecule has 0 amide bonds. The molecule has 0 fully saturated rings. The fourth-order valence-electron chi connectivity index (χ4n) is 1.71. The van der Waals surface area contributed by atoms with E-state index in [2.05, 4.69) is 15.2 Å². The molecule has 0 spiro atoms. The molecule has 0 bridgehead atoms. The molecule has 0 atom stereocenters. The number of aromatic amines is 1. The summed E-state index contributed by atoms with van der Waals surface area (Å²) in [6.07, 6.45) is 3.36. The maximum Gasteiger partial charge on any atom is 0.126 e. The highest BCUT2D eigenvalue weighted by atomic mass is 16.3. The Hall–Kier alpha value is -2.36. The lowest BCUT2D eigenvalue weighted by molar-refractivity contribution is 0.481. The van der Waals surface area contributed by atoms with Crippen molar-refractivity contribution in [1.29, 1.82) is 0 Å². The number of hydrogen-bond acceptors (Lipinski definition) is 3.